The molecule has 2 aromatic carbocycles. The molecule has 2 atom stereocenters. The number of carbonyl (C=O) groups is 2. The van der Waals surface area contributed by atoms with Crippen molar-refractivity contribution >= 4 is 17.4 Å². The van der Waals surface area contributed by atoms with Crippen molar-refractivity contribution in [2.24, 2.45) is 5.92 Å². The Morgan fingerprint density at radius 1 is 1.10 bits per heavy atom. The largest absolute Gasteiger partial charge is 0.507 e. The minimum atomic E-state index is -0.707. The second-order valence-corrected chi connectivity index (χ2v) is 11.4. The van der Waals surface area contributed by atoms with Crippen molar-refractivity contribution in [1.29, 1.82) is 0 Å². The lowest BCUT2D eigenvalue weighted by atomic mass is 9.94. The minimum Gasteiger partial charge on any atom is -0.507 e. The predicted molar refractivity (Wildman–Crippen MR) is 153 cm³/mol. The highest BCUT2D eigenvalue weighted by atomic mass is 16.5. The van der Waals surface area contributed by atoms with E-state index in [0.717, 1.165) is 49.4 Å². The van der Waals surface area contributed by atoms with Crippen LogP contribution >= 0.6 is 0 Å². The number of amides is 1. The zero-order valence-electron chi connectivity index (χ0n) is 23.7. The van der Waals surface area contributed by atoms with Crippen LogP contribution < -0.4 is 9.47 Å². The SMILES string of the molecule is CC(C)CCOc1cccc([C@H]2C(=C(O)c3ccc4c(c3)C[C@H](C)O4)C(=O)C(=O)N2CCCN2CCOCC2)c1. The van der Waals surface area contributed by atoms with E-state index in [9.17, 15) is 14.7 Å². The first kappa shape index (κ1) is 28.2. The number of morpholine rings is 1. The van der Waals surface area contributed by atoms with Gasteiger partial charge in [0.25, 0.3) is 11.7 Å². The lowest BCUT2D eigenvalue weighted by molar-refractivity contribution is -0.140. The number of rotatable bonds is 10. The fourth-order valence-electron chi connectivity index (χ4n) is 5.66. The molecule has 1 amide bonds. The first-order valence-electron chi connectivity index (χ1n) is 14.4. The van der Waals surface area contributed by atoms with Gasteiger partial charge in [-0.05, 0) is 67.1 Å². The van der Waals surface area contributed by atoms with Gasteiger partial charge in [0.05, 0.1) is 31.4 Å². The van der Waals surface area contributed by atoms with Crippen molar-refractivity contribution < 1.29 is 28.9 Å². The maximum atomic E-state index is 13.5. The normalized spacial score (nSPS) is 22.6. The number of ether oxygens (including phenoxy) is 3. The van der Waals surface area contributed by atoms with Crippen LogP contribution in [0.25, 0.3) is 5.76 Å². The van der Waals surface area contributed by atoms with Crippen LogP contribution in [0.5, 0.6) is 11.5 Å². The first-order chi connectivity index (χ1) is 19.3. The number of Topliss-reactive ketones (excluding diaryl/α,β-unsaturated/α-hetero) is 1. The summed E-state index contributed by atoms with van der Waals surface area (Å²) in [6, 6.07) is 12.3. The van der Waals surface area contributed by atoms with Gasteiger partial charge in [-0.15, -0.1) is 0 Å². The van der Waals surface area contributed by atoms with Crippen molar-refractivity contribution in [1.82, 2.24) is 9.80 Å². The molecule has 3 aliphatic rings. The smallest absolute Gasteiger partial charge is 0.295 e. The summed E-state index contributed by atoms with van der Waals surface area (Å²) < 4.78 is 17.3. The van der Waals surface area contributed by atoms with Gasteiger partial charge in [-0.25, -0.2) is 0 Å². The Labute approximate surface area is 236 Å². The van der Waals surface area contributed by atoms with Crippen LogP contribution in [0.15, 0.2) is 48.0 Å². The highest BCUT2D eigenvalue weighted by molar-refractivity contribution is 6.46. The first-order valence-corrected chi connectivity index (χ1v) is 14.4. The molecule has 3 aliphatic heterocycles. The molecule has 2 aromatic rings. The summed E-state index contributed by atoms with van der Waals surface area (Å²) >= 11 is 0. The number of likely N-dealkylation sites (tertiary alicyclic amines) is 1. The van der Waals surface area contributed by atoms with E-state index in [2.05, 4.69) is 18.7 Å². The Hall–Kier alpha value is -3.36. The third-order valence-corrected chi connectivity index (χ3v) is 7.82. The Kier molecular flexibility index (Phi) is 8.76. The Bertz CT molecular complexity index is 1270. The molecular weight excluding hydrogens is 508 g/mol. The summed E-state index contributed by atoms with van der Waals surface area (Å²) in [7, 11) is 0. The third kappa shape index (κ3) is 6.18. The monoisotopic (exact) mass is 548 g/mol. The zero-order valence-corrected chi connectivity index (χ0v) is 23.7. The number of nitrogens with zero attached hydrogens (tertiary/aromatic N) is 2. The molecule has 8 heteroatoms. The van der Waals surface area contributed by atoms with E-state index < -0.39 is 17.7 Å². The molecular formula is C32H40N2O6. The zero-order chi connectivity index (χ0) is 28.2. The Morgan fingerprint density at radius 2 is 1.90 bits per heavy atom. The molecule has 2 fully saturated rings. The van der Waals surface area contributed by atoms with Crippen molar-refractivity contribution in [3.05, 3.63) is 64.7 Å². The van der Waals surface area contributed by atoms with E-state index >= 15 is 0 Å². The lowest BCUT2D eigenvalue weighted by Gasteiger charge is -2.29. The van der Waals surface area contributed by atoms with E-state index in [1.807, 2.05) is 43.3 Å². The Balaban J connectivity index is 1.47. The average molecular weight is 549 g/mol. The summed E-state index contributed by atoms with van der Waals surface area (Å²) in [4.78, 5) is 30.9. The fourth-order valence-corrected chi connectivity index (χ4v) is 5.66. The molecule has 214 valence electrons. The highest BCUT2D eigenvalue weighted by Gasteiger charge is 2.46. The van der Waals surface area contributed by atoms with E-state index in [4.69, 9.17) is 14.2 Å². The van der Waals surface area contributed by atoms with Gasteiger partial charge in [0, 0.05) is 38.2 Å². The summed E-state index contributed by atoms with van der Waals surface area (Å²) in [6.45, 7) is 11.2. The number of aliphatic hydroxyl groups excluding tert-OH is 1. The lowest BCUT2D eigenvalue weighted by Crippen LogP contribution is -2.38. The molecule has 0 aliphatic carbocycles. The van der Waals surface area contributed by atoms with Crippen LogP contribution in [-0.4, -0.2) is 78.7 Å². The van der Waals surface area contributed by atoms with E-state index in [1.165, 1.54) is 0 Å². The molecule has 0 spiro atoms. The van der Waals surface area contributed by atoms with E-state index in [0.29, 0.717) is 50.0 Å². The predicted octanol–water partition coefficient (Wildman–Crippen LogP) is 4.58. The van der Waals surface area contributed by atoms with Gasteiger partial charge in [0.2, 0.25) is 0 Å². The molecule has 0 saturated carbocycles. The van der Waals surface area contributed by atoms with Crippen molar-refractivity contribution in [3.63, 3.8) is 0 Å². The summed E-state index contributed by atoms with van der Waals surface area (Å²) in [5.41, 5.74) is 2.35. The van der Waals surface area contributed by atoms with Crippen molar-refractivity contribution in [2.75, 3.05) is 46.0 Å². The molecule has 8 nitrogen and oxygen atoms in total. The van der Waals surface area contributed by atoms with Gasteiger partial charge in [-0.1, -0.05) is 26.0 Å². The van der Waals surface area contributed by atoms with Gasteiger partial charge < -0.3 is 24.2 Å². The van der Waals surface area contributed by atoms with Gasteiger partial charge in [-0.2, -0.15) is 0 Å². The number of fused-ring (bicyclic) bond motifs is 1. The highest BCUT2D eigenvalue weighted by Crippen LogP contribution is 2.41. The molecule has 0 radical (unpaired) electrons. The second-order valence-electron chi connectivity index (χ2n) is 11.4. The van der Waals surface area contributed by atoms with Crippen molar-refractivity contribution in [2.45, 2.75) is 52.2 Å². The topological polar surface area (TPSA) is 88.5 Å². The standard InChI is InChI=1S/C32H40N2O6/c1-21(2)10-15-39-26-7-4-6-23(20-26)29-28(30(35)24-8-9-27-25(19-24)18-22(3)40-27)31(36)32(37)34(29)12-5-11-33-13-16-38-17-14-33/h4,6-9,19-22,29,35H,5,10-18H2,1-3H3/t22-,29-/m0/s1. The number of hydrogen-bond acceptors (Lipinski definition) is 7. The molecule has 5 rings (SSSR count). The molecule has 0 unspecified atom stereocenters. The molecule has 3 heterocycles. The van der Waals surface area contributed by atoms with Crippen LogP contribution in [-0.2, 0) is 20.7 Å². The summed E-state index contributed by atoms with van der Waals surface area (Å²) in [5.74, 6) is 0.578. The number of hydrogen-bond donors (Lipinski definition) is 1. The summed E-state index contributed by atoms with van der Waals surface area (Å²) in [5, 5.41) is 11.5. The van der Waals surface area contributed by atoms with E-state index in [-0.39, 0.29) is 17.4 Å². The minimum absolute atomic E-state index is 0.0582. The third-order valence-electron chi connectivity index (χ3n) is 7.82. The number of carbonyl (C=O) groups excluding carboxylic acids is 2. The van der Waals surface area contributed by atoms with Gasteiger partial charge in [-0.3, -0.25) is 14.5 Å². The maximum absolute atomic E-state index is 13.5. The Morgan fingerprint density at radius 3 is 2.67 bits per heavy atom. The molecule has 1 N–H and O–H groups in total. The van der Waals surface area contributed by atoms with Crippen LogP contribution in [0.4, 0.5) is 0 Å². The average Bonchev–Trinajstić information content (AvgIpc) is 3.44. The second kappa shape index (κ2) is 12.4. The molecule has 40 heavy (non-hydrogen) atoms. The van der Waals surface area contributed by atoms with Gasteiger partial charge in [0.1, 0.15) is 23.4 Å². The quantitative estimate of drug-likeness (QED) is 0.264. The number of ketones is 1. The van der Waals surface area contributed by atoms with Gasteiger partial charge in [0.15, 0.2) is 0 Å². The fraction of sp³-hybridized carbons (Fsp3) is 0.500. The molecule has 0 aromatic heterocycles. The van der Waals surface area contributed by atoms with Crippen LogP contribution in [0.3, 0.4) is 0 Å². The number of benzene rings is 2. The molecule has 0 bridgehead atoms. The molecule has 2 saturated heterocycles. The van der Waals surface area contributed by atoms with E-state index in [1.54, 1.807) is 11.0 Å². The maximum Gasteiger partial charge on any atom is 0.295 e. The van der Waals surface area contributed by atoms with Gasteiger partial charge >= 0.3 is 0 Å². The summed E-state index contributed by atoms with van der Waals surface area (Å²) in [6.07, 6.45) is 2.42. The number of aliphatic hydroxyl groups is 1. The van der Waals surface area contributed by atoms with Crippen LogP contribution in [0.2, 0.25) is 0 Å². The van der Waals surface area contributed by atoms with Crippen LogP contribution in [0.1, 0.15) is 56.3 Å². The van der Waals surface area contributed by atoms with Crippen LogP contribution in [0, 0.1) is 5.92 Å². The van der Waals surface area contributed by atoms with Crippen molar-refractivity contribution in [3.8, 4) is 11.5 Å².